The Morgan fingerprint density at radius 1 is 1.26 bits per heavy atom. The normalized spacial score (nSPS) is 12.2. The molecule has 0 radical (unpaired) electrons. The molecule has 23 heavy (non-hydrogen) atoms. The maximum absolute atomic E-state index is 12.4. The molecule has 1 rings (SSSR count). The molecule has 1 aromatic carbocycles. The van der Waals surface area contributed by atoms with Gasteiger partial charge in [0, 0.05) is 21.9 Å². The maximum Gasteiger partial charge on any atom is 0.321 e. The molecule has 0 saturated heterocycles. The highest BCUT2D eigenvalue weighted by molar-refractivity contribution is 8.00. The van der Waals surface area contributed by atoms with Crippen molar-refractivity contribution in [1.29, 1.82) is 0 Å². The summed E-state index contributed by atoms with van der Waals surface area (Å²) in [4.78, 5) is 15.2. The van der Waals surface area contributed by atoms with Gasteiger partial charge in [0.1, 0.15) is 0 Å². The van der Waals surface area contributed by atoms with Crippen molar-refractivity contribution in [1.82, 2.24) is 4.90 Å². The SMILES string of the molecule is CCN(CC(C)(C)O)C(=O)Nc1ccc(SC(C)(C)C)cc1C. The average molecular weight is 339 g/mol. The van der Waals surface area contributed by atoms with Gasteiger partial charge in [-0.1, -0.05) is 20.8 Å². The number of hydrogen-bond acceptors (Lipinski definition) is 3. The monoisotopic (exact) mass is 338 g/mol. The molecule has 5 heteroatoms. The number of carbonyl (C=O) groups is 1. The lowest BCUT2D eigenvalue weighted by Crippen LogP contribution is -2.44. The van der Waals surface area contributed by atoms with Crippen molar-refractivity contribution in [2.45, 2.75) is 63.7 Å². The topological polar surface area (TPSA) is 52.6 Å². The number of thioether (sulfide) groups is 1. The number of anilines is 1. The molecule has 4 nitrogen and oxygen atoms in total. The van der Waals surface area contributed by atoms with Gasteiger partial charge in [-0.05, 0) is 51.5 Å². The molecule has 0 unspecified atom stereocenters. The lowest BCUT2D eigenvalue weighted by molar-refractivity contribution is 0.0501. The molecule has 0 heterocycles. The number of carbonyl (C=O) groups excluding carboxylic acids is 1. The Morgan fingerprint density at radius 2 is 1.87 bits per heavy atom. The van der Waals surface area contributed by atoms with Gasteiger partial charge in [-0.2, -0.15) is 0 Å². The standard InChI is InChI=1S/C18H30N2O2S/c1-8-20(12-18(6,7)22)16(21)19-15-10-9-14(11-13(15)2)23-17(3,4)5/h9-11,22H,8,12H2,1-7H3,(H,19,21). The molecule has 0 aliphatic carbocycles. The molecule has 0 bridgehead atoms. The predicted octanol–water partition coefficient (Wildman–Crippen LogP) is 4.51. The summed E-state index contributed by atoms with van der Waals surface area (Å²) in [5.41, 5.74) is 0.935. The van der Waals surface area contributed by atoms with Crippen LogP contribution >= 0.6 is 11.8 Å². The second-order valence-corrected chi connectivity index (χ2v) is 9.35. The molecule has 2 amide bonds. The summed E-state index contributed by atoms with van der Waals surface area (Å²) >= 11 is 1.80. The number of urea groups is 1. The van der Waals surface area contributed by atoms with Crippen LogP contribution in [0.25, 0.3) is 0 Å². The zero-order chi connectivity index (χ0) is 17.8. The van der Waals surface area contributed by atoms with Crippen molar-refractivity contribution in [3.8, 4) is 0 Å². The number of rotatable bonds is 5. The van der Waals surface area contributed by atoms with E-state index in [0.717, 1.165) is 11.3 Å². The maximum atomic E-state index is 12.4. The van der Waals surface area contributed by atoms with Gasteiger partial charge in [0.25, 0.3) is 0 Å². The molecule has 130 valence electrons. The number of aryl methyl sites for hydroxylation is 1. The first-order valence-electron chi connectivity index (χ1n) is 7.99. The van der Waals surface area contributed by atoms with E-state index in [0.29, 0.717) is 13.1 Å². The molecule has 0 aromatic heterocycles. The fraction of sp³-hybridized carbons (Fsp3) is 0.611. The summed E-state index contributed by atoms with van der Waals surface area (Å²) in [5, 5.41) is 12.8. The number of amides is 2. The van der Waals surface area contributed by atoms with E-state index in [9.17, 15) is 9.90 Å². The molecule has 0 saturated carbocycles. The summed E-state index contributed by atoms with van der Waals surface area (Å²) in [6.45, 7) is 14.7. The third kappa shape index (κ3) is 7.27. The van der Waals surface area contributed by atoms with Crippen molar-refractivity contribution in [2.24, 2.45) is 0 Å². The van der Waals surface area contributed by atoms with Crippen LogP contribution in [0, 0.1) is 6.92 Å². The molecule has 0 atom stereocenters. The molecule has 0 spiro atoms. The number of likely N-dealkylation sites (N-methyl/N-ethyl adjacent to an activating group) is 1. The summed E-state index contributed by atoms with van der Waals surface area (Å²) in [6.07, 6.45) is 0. The summed E-state index contributed by atoms with van der Waals surface area (Å²) in [7, 11) is 0. The Kier molecular flexibility index (Phi) is 6.54. The van der Waals surface area contributed by atoms with Gasteiger partial charge < -0.3 is 15.3 Å². The number of aliphatic hydroxyl groups is 1. The van der Waals surface area contributed by atoms with Crippen molar-refractivity contribution in [2.75, 3.05) is 18.4 Å². The lowest BCUT2D eigenvalue weighted by Gasteiger charge is -2.28. The van der Waals surface area contributed by atoms with Crippen molar-refractivity contribution in [3.63, 3.8) is 0 Å². The van der Waals surface area contributed by atoms with Crippen LogP contribution in [-0.2, 0) is 0 Å². The highest BCUT2D eigenvalue weighted by Gasteiger charge is 2.21. The number of nitrogens with zero attached hydrogens (tertiary/aromatic N) is 1. The van der Waals surface area contributed by atoms with Gasteiger partial charge in [0.05, 0.1) is 12.1 Å². The third-order valence-corrected chi connectivity index (χ3v) is 4.21. The molecular weight excluding hydrogens is 308 g/mol. The predicted molar refractivity (Wildman–Crippen MR) is 99.4 cm³/mol. The van der Waals surface area contributed by atoms with Gasteiger partial charge in [0.2, 0.25) is 0 Å². The van der Waals surface area contributed by atoms with Crippen LogP contribution in [0.5, 0.6) is 0 Å². The molecule has 0 aliphatic rings. The quantitative estimate of drug-likeness (QED) is 0.777. The zero-order valence-electron chi connectivity index (χ0n) is 15.4. The van der Waals surface area contributed by atoms with Crippen LogP contribution in [0.15, 0.2) is 23.1 Å². The number of nitrogens with one attached hydrogen (secondary N) is 1. The first-order chi connectivity index (χ1) is 10.4. The Bertz CT molecular complexity index is 545. The summed E-state index contributed by atoms with van der Waals surface area (Å²) in [5.74, 6) is 0. The van der Waals surface area contributed by atoms with Crippen molar-refractivity contribution >= 4 is 23.5 Å². The highest BCUT2D eigenvalue weighted by atomic mass is 32.2. The number of benzene rings is 1. The average Bonchev–Trinajstić information content (AvgIpc) is 2.36. The highest BCUT2D eigenvalue weighted by Crippen LogP contribution is 2.33. The van der Waals surface area contributed by atoms with E-state index < -0.39 is 5.60 Å². The van der Waals surface area contributed by atoms with E-state index >= 15 is 0 Å². The van der Waals surface area contributed by atoms with Crippen molar-refractivity contribution in [3.05, 3.63) is 23.8 Å². The Labute approximate surface area is 144 Å². The molecule has 0 fully saturated rings. The Balaban J connectivity index is 2.82. The van der Waals surface area contributed by atoms with E-state index in [2.05, 4.69) is 32.2 Å². The minimum Gasteiger partial charge on any atom is -0.389 e. The Morgan fingerprint density at radius 3 is 2.30 bits per heavy atom. The van der Waals surface area contributed by atoms with Crippen LogP contribution in [0.3, 0.4) is 0 Å². The summed E-state index contributed by atoms with van der Waals surface area (Å²) in [6, 6.07) is 5.89. The lowest BCUT2D eigenvalue weighted by atomic mass is 10.1. The molecule has 2 N–H and O–H groups in total. The van der Waals surface area contributed by atoms with Gasteiger partial charge in [-0.3, -0.25) is 0 Å². The van der Waals surface area contributed by atoms with Crippen LogP contribution in [0.1, 0.15) is 47.1 Å². The second kappa shape index (κ2) is 7.58. The smallest absolute Gasteiger partial charge is 0.321 e. The van der Waals surface area contributed by atoms with E-state index in [1.807, 2.05) is 26.0 Å². The van der Waals surface area contributed by atoms with Gasteiger partial charge in [-0.25, -0.2) is 4.79 Å². The van der Waals surface area contributed by atoms with E-state index in [1.165, 1.54) is 4.90 Å². The van der Waals surface area contributed by atoms with Crippen LogP contribution in [-0.4, -0.2) is 39.5 Å². The van der Waals surface area contributed by atoms with Gasteiger partial charge >= 0.3 is 6.03 Å². The minimum absolute atomic E-state index is 0.156. The first-order valence-corrected chi connectivity index (χ1v) is 8.81. The number of hydrogen-bond donors (Lipinski definition) is 2. The van der Waals surface area contributed by atoms with Crippen LogP contribution < -0.4 is 5.32 Å². The summed E-state index contributed by atoms with van der Waals surface area (Å²) < 4.78 is 0.156. The molecular formula is C18H30N2O2S. The Hall–Kier alpha value is -1.20. The first kappa shape index (κ1) is 19.8. The largest absolute Gasteiger partial charge is 0.389 e. The van der Waals surface area contributed by atoms with Crippen LogP contribution in [0.4, 0.5) is 10.5 Å². The zero-order valence-corrected chi connectivity index (χ0v) is 16.2. The minimum atomic E-state index is -0.907. The fourth-order valence-corrected chi connectivity index (χ4v) is 3.26. The van der Waals surface area contributed by atoms with Crippen molar-refractivity contribution < 1.29 is 9.90 Å². The van der Waals surface area contributed by atoms with Gasteiger partial charge in [-0.15, -0.1) is 11.8 Å². The molecule has 1 aromatic rings. The van der Waals surface area contributed by atoms with E-state index in [-0.39, 0.29) is 10.8 Å². The fourth-order valence-electron chi connectivity index (χ4n) is 2.18. The second-order valence-electron chi connectivity index (χ2n) is 7.45. The third-order valence-electron chi connectivity index (χ3n) is 3.11. The van der Waals surface area contributed by atoms with E-state index in [4.69, 9.17) is 0 Å². The van der Waals surface area contributed by atoms with Gasteiger partial charge in [0.15, 0.2) is 0 Å². The molecule has 0 aliphatic heterocycles. The van der Waals surface area contributed by atoms with Crippen LogP contribution in [0.2, 0.25) is 0 Å². The van der Waals surface area contributed by atoms with E-state index in [1.54, 1.807) is 30.5 Å².